The molecule has 28 heavy (non-hydrogen) atoms. The number of carbonyl (C=O) groups is 2. The van der Waals surface area contributed by atoms with E-state index in [1.54, 1.807) is 35.4 Å². The van der Waals surface area contributed by atoms with Crippen LogP contribution >= 0.6 is 23.4 Å². The number of aromatic amines is 1. The summed E-state index contributed by atoms with van der Waals surface area (Å²) < 4.78 is 0. The fourth-order valence-corrected chi connectivity index (χ4v) is 3.85. The summed E-state index contributed by atoms with van der Waals surface area (Å²) in [6.45, 7) is 0.250. The molecule has 1 aliphatic heterocycles. The van der Waals surface area contributed by atoms with Crippen LogP contribution in [0.3, 0.4) is 0 Å². The highest BCUT2D eigenvalue weighted by atomic mass is 35.5. The van der Waals surface area contributed by atoms with Crippen molar-refractivity contribution in [1.29, 1.82) is 0 Å². The monoisotopic (exact) mass is 414 g/mol. The van der Waals surface area contributed by atoms with E-state index in [1.165, 1.54) is 11.8 Å². The van der Waals surface area contributed by atoms with Gasteiger partial charge in [-0.25, -0.2) is 0 Å². The molecule has 10 heteroatoms. The molecule has 8 nitrogen and oxygen atoms in total. The van der Waals surface area contributed by atoms with Crippen molar-refractivity contribution >= 4 is 46.8 Å². The van der Waals surface area contributed by atoms with Gasteiger partial charge >= 0.3 is 0 Å². The van der Waals surface area contributed by atoms with Crippen LogP contribution in [0, 0.1) is 0 Å². The molecule has 0 unspecified atom stereocenters. The molecule has 0 fully saturated rings. The summed E-state index contributed by atoms with van der Waals surface area (Å²) >= 11 is 7.53. The van der Waals surface area contributed by atoms with Crippen molar-refractivity contribution in [2.45, 2.75) is 11.3 Å². The van der Waals surface area contributed by atoms with Crippen LogP contribution in [0.4, 0.5) is 11.6 Å². The number of amides is 2. The minimum absolute atomic E-state index is 0.0512. The second-order valence-corrected chi connectivity index (χ2v) is 7.44. The molecule has 0 spiro atoms. The summed E-state index contributed by atoms with van der Waals surface area (Å²) in [5.41, 5.74) is 1.36. The lowest BCUT2D eigenvalue weighted by Gasteiger charge is -2.28. The maximum absolute atomic E-state index is 12.3. The number of fused-ring (bicyclic) bond motifs is 1. The Balaban J connectivity index is 1.40. The standard InChI is InChI=1S/C18H15ClN6O2S/c19-11-4-5-14-13(9-11)25(16(27)10-28-14)8-6-15(26)21-18-22-17(23-24-18)12-3-1-2-7-20-12/h1-5,7,9H,6,8,10H2,(H2,21,22,23,24,26). The molecule has 0 aliphatic carbocycles. The molecule has 0 saturated carbocycles. The van der Waals surface area contributed by atoms with Crippen LogP contribution in [0.5, 0.6) is 0 Å². The van der Waals surface area contributed by atoms with Gasteiger partial charge in [-0.3, -0.25) is 19.9 Å². The molecule has 0 radical (unpaired) electrons. The molecule has 2 aromatic heterocycles. The van der Waals surface area contributed by atoms with Crippen molar-refractivity contribution in [3.63, 3.8) is 0 Å². The van der Waals surface area contributed by atoms with Gasteiger partial charge in [0.05, 0.1) is 11.4 Å². The summed E-state index contributed by atoms with van der Waals surface area (Å²) in [5.74, 6) is 0.700. The number of thioether (sulfide) groups is 1. The Morgan fingerprint density at radius 2 is 2.18 bits per heavy atom. The summed E-state index contributed by atoms with van der Waals surface area (Å²) in [7, 11) is 0. The number of halogens is 1. The maximum atomic E-state index is 12.3. The van der Waals surface area contributed by atoms with Gasteiger partial charge in [-0.2, -0.15) is 0 Å². The molecule has 0 atom stereocenters. The molecule has 1 aromatic carbocycles. The third kappa shape index (κ3) is 4.00. The van der Waals surface area contributed by atoms with Gasteiger partial charge in [-0.15, -0.1) is 22.0 Å². The van der Waals surface area contributed by atoms with Gasteiger partial charge < -0.3 is 9.88 Å². The van der Waals surface area contributed by atoms with Crippen LogP contribution in [0.1, 0.15) is 6.42 Å². The normalized spacial score (nSPS) is 13.3. The zero-order valence-corrected chi connectivity index (χ0v) is 16.1. The first-order valence-electron chi connectivity index (χ1n) is 8.47. The fraction of sp³-hybridized carbons (Fsp3) is 0.167. The number of anilines is 2. The lowest BCUT2D eigenvalue weighted by molar-refractivity contribution is -0.117. The van der Waals surface area contributed by atoms with Gasteiger partial charge in [0, 0.05) is 29.1 Å². The van der Waals surface area contributed by atoms with Crippen molar-refractivity contribution in [3.05, 3.63) is 47.6 Å². The molecule has 142 valence electrons. The number of pyridine rings is 1. The molecule has 1 aliphatic rings. The van der Waals surface area contributed by atoms with E-state index in [9.17, 15) is 9.59 Å². The van der Waals surface area contributed by atoms with E-state index in [-0.39, 0.29) is 30.7 Å². The summed E-state index contributed by atoms with van der Waals surface area (Å²) in [6, 6.07) is 10.8. The molecule has 0 saturated heterocycles. The summed E-state index contributed by atoms with van der Waals surface area (Å²) in [6.07, 6.45) is 1.76. The Labute approximate surface area is 169 Å². The van der Waals surface area contributed by atoms with Crippen LogP contribution in [0.25, 0.3) is 11.5 Å². The minimum atomic E-state index is -0.279. The Morgan fingerprint density at radius 1 is 1.29 bits per heavy atom. The zero-order valence-electron chi connectivity index (χ0n) is 14.6. The SMILES string of the molecule is O=C(CCN1C(=O)CSc2ccc(Cl)cc21)Nc1nnc(-c2ccccn2)[nH]1. The van der Waals surface area contributed by atoms with Gasteiger partial charge in [0.15, 0.2) is 5.82 Å². The first-order valence-corrected chi connectivity index (χ1v) is 9.83. The van der Waals surface area contributed by atoms with E-state index in [0.717, 1.165) is 10.6 Å². The fourth-order valence-electron chi connectivity index (χ4n) is 2.76. The highest BCUT2D eigenvalue weighted by Crippen LogP contribution is 2.37. The molecular weight excluding hydrogens is 400 g/mol. The molecule has 3 heterocycles. The second-order valence-electron chi connectivity index (χ2n) is 5.98. The van der Waals surface area contributed by atoms with Gasteiger partial charge in [-0.1, -0.05) is 17.7 Å². The number of benzene rings is 1. The van der Waals surface area contributed by atoms with Crippen LogP contribution in [-0.4, -0.2) is 44.3 Å². The molecular formula is C18H15ClN6O2S. The number of aromatic nitrogens is 4. The Bertz CT molecular complexity index is 1030. The Morgan fingerprint density at radius 3 is 3.00 bits per heavy atom. The minimum Gasteiger partial charge on any atom is -0.310 e. The van der Waals surface area contributed by atoms with Crippen LogP contribution in [0.2, 0.25) is 5.02 Å². The van der Waals surface area contributed by atoms with Crippen molar-refractivity contribution in [3.8, 4) is 11.5 Å². The molecule has 0 bridgehead atoms. The summed E-state index contributed by atoms with van der Waals surface area (Å²) in [4.78, 5) is 34.2. The number of nitrogens with zero attached hydrogens (tertiary/aromatic N) is 4. The lowest BCUT2D eigenvalue weighted by atomic mass is 10.2. The third-order valence-electron chi connectivity index (χ3n) is 4.08. The average molecular weight is 415 g/mol. The predicted octanol–water partition coefficient (Wildman–Crippen LogP) is 2.99. The third-order valence-corrected chi connectivity index (χ3v) is 5.36. The Kier molecular flexibility index (Phi) is 5.27. The molecule has 3 aromatic rings. The van der Waals surface area contributed by atoms with Crippen molar-refractivity contribution < 1.29 is 9.59 Å². The molecule has 2 amide bonds. The van der Waals surface area contributed by atoms with Crippen LogP contribution in [0.15, 0.2) is 47.5 Å². The molecule has 2 N–H and O–H groups in total. The first kappa shape index (κ1) is 18.5. The van der Waals surface area contributed by atoms with Gasteiger partial charge in [-0.05, 0) is 30.3 Å². The highest BCUT2D eigenvalue weighted by Gasteiger charge is 2.25. The van der Waals surface area contributed by atoms with E-state index >= 15 is 0 Å². The average Bonchev–Trinajstić information content (AvgIpc) is 3.16. The first-order chi connectivity index (χ1) is 13.6. The molecule has 4 rings (SSSR count). The highest BCUT2D eigenvalue weighted by molar-refractivity contribution is 8.00. The Hall–Kier alpha value is -2.91. The largest absolute Gasteiger partial charge is 0.310 e. The number of hydrogen-bond donors (Lipinski definition) is 2. The zero-order chi connectivity index (χ0) is 19.5. The quantitative estimate of drug-likeness (QED) is 0.665. The van der Waals surface area contributed by atoms with Crippen molar-refractivity contribution in [2.75, 3.05) is 22.5 Å². The van der Waals surface area contributed by atoms with E-state index < -0.39 is 0 Å². The number of rotatable bonds is 5. The van der Waals surface area contributed by atoms with E-state index in [2.05, 4.69) is 25.5 Å². The maximum Gasteiger partial charge on any atom is 0.237 e. The van der Waals surface area contributed by atoms with E-state index in [1.807, 2.05) is 12.1 Å². The number of H-pyrrole nitrogens is 1. The topological polar surface area (TPSA) is 104 Å². The smallest absolute Gasteiger partial charge is 0.237 e. The van der Waals surface area contributed by atoms with Crippen LogP contribution < -0.4 is 10.2 Å². The van der Waals surface area contributed by atoms with E-state index in [0.29, 0.717) is 22.3 Å². The van der Waals surface area contributed by atoms with E-state index in [4.69, 9.17) is 11.6 Å². The van der Waals surface area contributed by atoms with Gasteiger partial charge in [0.2, 0.25) is 17.8 Å². The van der Waals surface area contributed by atoms with Gasteiger partial charge in [0.1, 0.15) is 5.69 Å². The van der Waals surface area contributed by atoms with Crippen LogP contribution in [-0.2, 0) is 9.59 Å². The second kappa shape index (κ2) is 7.99. The number of carbonyl (C=O) groups excluding carboxylic acids is 2. The van der Waals surface area contributed by atoms with Crippen molar-refractivity contribution in [1.82, 2.24) is 20.2 Å². The van der Waals surface area contributed by atoms with Crippen molar-refractivity contribution in [2.24, 2.45) is 0 Å². The van der Waals surface area contributed by atoms with Gasteiger partial charge in [0.25, 0.3) is 0 Å². The number of nitrogens with one attached hydrogen (secondary N) is 2. The summed E-state index contributed by atoms with van der Waals surface area (Å²) in [5, 5.41) is 11.1. The predicted molar refractivity (Wildman–Crippen MR) is 107 cm³/mol. The number of hydrogen-bond acceptors (Lipinski definition) is 6. The lowest BCUT2D eigenvalue weighted by Crippen LogP contribution is -2.37.